The quantitative estimate of drug-likeness (QED) is 0.776. The molecule has 2 rings (SSSR count). The Kier molecular flexibility index (Phi) is 6.13. The van der Waals surface area contributed by atoms with Crippen molar-refractivity contribution in [2.45, 2.75) is 51.7 Å². The summed E-state index contributed by atoms with van der Waals surface area (Å²) < 4.78 is 18.6. The molecule has 5 heteroatoms. The number of hydrogen-bond acceptors (Lipinski definition) is 3. The van der Waals surface area contributed by atoms with Gasteiger partial charge in [0, 0.05) is 13.0 Å². The number of nitrogens with zero attached hydrogens (tertiary/aromatic N) is 1. The van der Waals surface area contributed by atoms with Crippen LogP contribution >= 0.6 is 0 Å². The Morgan fingerprint density at radius 1 is 1.35 bits per heavy atom. The van der Waals surface area contributed by atoms with Gasteiger partial charge in [-0.15, -0.1) is 0 Å². The second kappa shape index (κ2) is 8.09. The molecule has 0 aliphatic carbocycles. The van der Waals surface area contributed by atoms with Crippen molar-refractivity contribution in [3.05, 3.63) is 29.8 Å². The Bertz CT molecular complexity index is 544. The highest BCUT2D eigenvalue weighted by Crippen LogP contribution is 2.21. The molecule has 1 amide bonds. The molecule has 23 heavy (non-hydrogen) atoms. The van der Waals surface area contributed by atoms with E-state index in [-0.39, 0.29) is 17.7 Å². The number of amides is 1. The van der Waals surface area contributed by atoms with Crippen LogP contribution in [-0.2, 0) is 16.0 Å². The van der Waals surface area contributed by atoms with E-state index in [0.29, 0.717) is 25.1 Å². The standard InChI is InChI=1S/C18H24FNO3/c1-13(21)5-6-15-7-9-17(10-8-15)23-14(2)18(22)20-11-3-4-16(20)12-19/h7-10,14,16H,3-6,11-12H2,1-2H3. The summed E-state index contributed by atoms with van der Waals surface area (Å²) in [4.78, 5) is 24.9. The van der Waals surface area contributed by atoms with Gasteiger partial charge >= 0.3 is 0 Å². The lowest BCUT2D eigenvalue weighted by Gasteiger charge is -2.26. The first-order valence-corrected chi connectivity index (χ1v) is 8.12. The average molecular weight is 321 g/mol. The number of carbonyl (C=O) groups is 2. The van der Waals surface area contributed by atoms with Crippen LogP contribution in [0.4, 0.5) is 4.39 Å². The minimum absolute atomic E-state index is 0.161. The molecule has 4 nitrogen and oxygen atoms in total. The minimum atomic E-state index is -0.634. The third kappa shape index (κ3) is 4.78. The number of aryl methyl sites for hydroxylation is 1. The van der Waals surface area contributed by atoms with E-state index in [1.807, 2.05) is 12.1 Å². The van der Waals surface area contributed by atoms with Crippen molar-refractivity contribution >= 4 is 11.7 Å². The minimum Gasteiger partial charge on any atom is -0.481 e. The summed E-state index contributed by atoms with van der Waals surface area (Å²) in [7, 11) is 0. The van der Waals surface area contributed by atoms with Gasteiger partial charge in [-0.25, -0.2) is 4.39 Å². The van der Waals surface area contributed by atoms with Crippen molar-refractivity contribution in [3.8, 4) is 5.75 Å². The molecule has 1 aliphatic heterocycles. The highest BCUT2D eigenvalue weighted by atomic mass is 19.1. The second-order valence-electron chi connectivity index (χ2n) is 6.09. The molecule has 2 unspecified atom stereocenters. The van der Waals surface area contributed by atoms with Gasteiger partial charge in [-0.05, 0) is 50.8 Å². The Morgan fingerprint density at radius 2 is 2.04 bits per heavy atom. The summed E-state index contributed by atoms with van der Waals surface area (Å²) in [6.45, 7) is 3.38. The zero-order valence-corrected chi connectivity index (χ0v) is 13.8. The van der Waals surface area contributed by atoms with Crippen molar-refractivity contribution in [3.63, 3.8) is 0 Å². The van der Waals surface area contributed by atoms with Crippen LogP contribution < -0.4 is 4.74 Å². The van der Waals surface area contributed by atoms with Crippen LogP contribution in [0.2, 0.25) is 0 Å². The maximum absolute atomic E-state index is 12.9. The van der Waals surface area contributed by atoms with Crippen LogP contribution in [-0.4, -0.2) is 42.0 Å². The van der Waals surface area contributed by atoms with Gasteiger partial charge in [0.25, 0.3) is 5.91 Å². The molecule has 0 aromatic heterocycles. The van der Waals surface area contributed by atoms with Gasteiger partial charge in [0.15, 0.2) is 6.10 Å². The lowest BCUT2D eigenvalue weighted by atomic mass is 10.1. The highest BCUT2D eigenvalue weighted by Gasteiger charge is 2.32. The first-order chi connectivity index (χ1) is 11.0. The monoisotopic (exact) mass is 321 g/mol. The number of likely N-dealkylation sites (tertiary alicyclic amines) is 1. The van der Waals surface area contributed by atoms with Crippen LogP contribution in [0, 0.1) is 0 Å². The number of ether oxygens (including phenoxy) is 1. The molecule has 126 valence electrons. The molecule has 0 N–H and O–H groups in total. The smallest absolute Gasteiger partial charge is 0.263 e. The van der Waals surface area contributed by atoms with Crippen molar-refractivity contribution < 1.29 is 18.7 Å². The summed E-state index contributed by atoms with van der Waals surface area (Å²) in [5, 5.41) is 0. The number of halogens is 1. The Labute approximate surface area is 136 Å². The van der Waals surface area contributed by atoms with E-state index in [1.165, 1.54) is 0 Å². The number of hydrogen-bond donors (Lipinski definition) is 0. The number of Topliss-reactive ketones (excluding diaryl/α,β-unsaturated/α-hetero) is 1. The van der Waals surface area contributed by atoms with Crippen LogP contribution in [0.3, 0.4) is 0 Å². The fourth-order valence-electron chi connectivity index (χ4n) is 2.83. The zero-order valence-electron chi connectivity index (χ0n) is 13.8. The molecule has 1 aromatic carbocycles. The topological polar surface area (TPSA) is 46.6 Å². The van der Waals surface area contributed by atoms with E-state index in [4.69, 9.17) is 4.74 Å². The van der Waals surface area contributed by atoms with Gasteiger partial charge in [0.2, 0.25) is 0 Å². The normalized spacial score (nSPS) is 18.7. The van der Waals surface area contributed by atoms with Gasteiger partial charge < -0.3 is 14.4 Å². The number of alkyl halides is 1. The predicted octanol–water partition coefficient (Wildman–Crippen LogP) is 2.94. The van der Waals surface area contributed by atoms with E-state index in [2.05, 4.69) is 0 Å². The van der Waals surface area contributed by atoms with E-state index < -0.39 is 12.8 Å². The fourth-order valence-corrected chi connectivity index (χ4v) is 2.83. The molecular formula is C18H24FNO3. The van der Waals surface area contributed by atoms with Gasteiger partial charge in [-0.3, -0.25) is 4.79 Å². The van der Waals surface area contributed by atoms with Crippen LogP contribution in [0.1, 0.15) is 38.7 Å². The molecule has 0 bridgehead atoms. The Balaban J connectivity index is 1.90. The van der Waals surface area contributed by atoms with Crippen LogP contribution in [0.5, 0.6) is 5.75 Å². The van der Waals surface area contributed by atoms with Crippen molar-refractivity contribution in [2.75, 3.05) is 13.2 Å². The third-order valence-electron chi connectivity index (χ3n) is 4.19. The number of benzene rings is 1. The number of carbonyl (C=O) groups excluding carboxylic acids is 2. The number of rotatable bonds is 7. The second-order valence-corrected chi connectivity index (χ2v) is 6.09. The highest BCUT2D eigenvalue weighted by molar-refractivity contribution is 5.81. The van der Waals surface area contributed by atoms with Gasteiger partial charge in [-0.1, -0.05) is 12.1 Å². The van der Waals surface area contributed by atoms with E-state index in [0.717, 1.165) is 18.4 Å². The van der Waals surface area contributed by atoms with Crippen molar-refractivity contribution in [1.82, 2.24) is 4.90 Å². The maximum Gasteiger partial charge on any atom is 0.263 e. The Morgan fingerprint density at radius 3 is 2.65 bits per heavy atom. The first kappa shape index (κ1) is 17.4. The average Bonchev–Trinajstić information content (AvgIpc) is 3.01. The molecule has 1 saturated heterocycles. The van der Waals surface area contributed by atoms with Gasteiger partial charge in [-0.2, -0.15) is 0 Å². The lowest BCUT2D eigenvalue weighted by molar-refractivity contribution is -0.139. The van der Waals surface area contributed by atoms with Crippen molar-refractivity contribution in [1.29, 1.82) is 0 Å². The molecule has 1 heterocycles. The first-order valence-electron chi connectivity index (χ1n) is 8.12. The molecule has 0 saturated carbocycles. The summed E-state index contributed by atoms with van der Waals surface area (Å²) >= 11 is 0. The molecule has 0 radical (unpaired) electrons. The summed E-state index contributed by atoms with van der Waals surface area (Å²) in [6, 6.07) is 7.10. The van der Waals surface area contributed by atoms with Crippen LogP contribution in [0.25, 0.3) is 0 Å². The SMILES string of the molecule is CC(=O)CCc1ccc(OC(C)C(=O)N2CCCC2CF)cc1. The van der Waals surface area contributed by atoms with E-state index >= 15 is 0 Å². The predicted molar refractivity (Wildman–Crippen MR) is 86.2 cm³/mol. The van der Waals surface area contributed by atoms with Gasteiger partial charge in [0.05, 0.1) is 6.04 Å². The van der Waals surface area contributed by atoms with Crippen LogP contribution in [0.15, 0.2) is 24.3 Å². The van der Waals surface area contributed by atoms with Gasteiger partial charge in [0.1, 0.15) is 18.2 Å². The number of ketones is 1. The molecule has 1 aromatic rings. The van der Waals surface area contributed by atoms with E-state index in [1.54, 1.807) is 30.9 Å². The third-order valence-corrected chi connectivity index (χ3v) is 4.19. The molecule has 1 fully saturated rings. The zero-order chi connectivity index (χ0) is 16.8. The molecule has 0 spiro atoms. The lowest BCUT2D eigenvalue weighted by Crippen LogP contribution is -2.44. The maximum atomic E-state index is 12.9. The fraction of sp³-hybridized carbons (Fsp3) is 0.556. The summed E-state index contributed by atoms with van der Waals surface area (Å²) in [6.07, 6.45) is 2.16. The molecule has 1 aliphatic rings. The Hall–Kier alpha value is -1.91. The van der Waals surface area contributed by atoms with E-state index in [9.17, 15) is 14.0 Å². The molecule has 2 atom stereocenters. The summed E-state index contributed by atoms with van der Waals surface area (Å²) in [5.74, 6) is 0.608. The largest absolute Gasteiger partial charge is 0.481 e. The molecular weight excluding hydrogens is 297 g/mol. The summed E-state index contributed by atoms with van der Waals surface area (Å²) in [5.41, 5.74) is 1.06. The van der Waals surface area contributed by atoms with Crippen molar-refractivity contribution in [2.24, 2.45) is 0 Å².